The molecule has 0 radical (unpaired) electrons. The highest BCUT2D eigenvalue weighted by molar-refractivity contribution is 5.36. The van der Waals surface area contributed by atoms with Crippen molar-refractivity contribution < 1.29 is 13.2 Å². The van der Waals surface area contributed by atoms with Gasteiger partial charge in [-0.3, -0.25) is 4.90 Å². The fraction of sp³-hybridized carbons (Fsp3) is 0.391. The molecule has 27 heavy (non-hydrogen) atoms. The number of alkyl halides is 3. The average Bonchev–Trinajstić information content (AvgIpc) is 2.63. The molecule has 0 amide bonds. The van der Waals surface area contributed by atoms with Gasteiger partial charge in [-0.05, 0) is 69.0 Å². The van der Waals surface area contributed by atoms with E-state index in [9.17, 15) is 13.2 Å². The minimum Gasteiger partial charge on any atom is -0.299 e. The molecule has 0 aromatic heterocycles. The first-order valence-electron chi connectivity index (χ1n) is 9.44. The molecule has 0 saturated carbocycles. The van der Waals surface area contributed by atoms with Gasteiger partial charge in [-0.2, -0.15) is 13.2 Å². The lowest BCUT2D eigenvalue weighted by atomic mass is 9.81. The van der Waals surface area contributed by atoms with E-state index in [0.29, 0.717) is 6.42 Å². The average molecular weight is 373 g/mol. The third-order valence-corrected chi connectivity index (χ3v) is 5.26. The number of likely N-dealkylation sites (N-methyl/N-ethyl adjacent to an activating group) is 1. The highest BCUT2D eigenvalue weighted by Gasteiger charge is 2.30. The standard InChI is InChI=1S/C23H26F3N/c1-27(2)22(18-10-4-3-5-11-18)21-14-7-6-12-19(21)15-17-9-8-13-20(16-17)23(24,25)26/h3-5,8-11,13,16,22H,6-7,12,14-15H2,1-2H3. The van der Waals surface area contributed by atoms with Crippen LogP contribution in [0.3, 0.4) is 0 Å². The van der Waals surface area contributed by atoms with E-state index < -0.39 is 11.7 Å². The highest BCUT2D eigenvalue weighted by Crippen LogP contribution is 2.38. The van der Waals surface area contributed by atoms with E-state index in [4.69, 9.17) is 0 Å². The molecule has 0 heterocycles. The lowest BCUT2D eigenvalue weighted by Crippen LogP contribution is -2.24. The smallest absolute Gasteiger partial charge is 0.299 e. The topological polar surface area (TPSA) is 3.24 Å². The van der Waals surface area contributed by atoms with E-state index in [1.807, 2.05) is 24.3 Å². The summed E-state index contributed by atoms with van der Waals surface area (Å²) in [6.07, 6.45) is 0.506. The van der Waals surface area contributed by atoms with E-state index >= 15 is 0 Å². The van der Waals surface area contributed by atoms with Crippen LogP contribution in [0.15, 0.2) is 65.7 Å². The third kappa shape index (κ3) is 4.81. The maximum absolute atomic E-state index is 13.1. The van der Waals surface area contributed by atoms with Crippen molar-refractivity contribution in [3.63, 3.8) is 0 Å². The predicted octanol–water partition coefficient (Wildman–Crippen LogP) is 6.42. The second kappa shape index (κ2) is 8.30. The molecule has 0 N–H and O–H groups in total. The zero-order valence-corrected chi connectivity index (χ0v) is 15.9. The Hall–Kier alpha value is -2.07. The maximum atomic E-state index is 13.1. The Labute approximate surface area is 159 Å². The molecule has 4 heteroatoms. The van der Waals surface area contributed by atoms with E-state index in [0.717, 1.165) is 37.3 Å². The Bertz CT molecular complexity index is 791. The van der Waals surface area contributed by atoms with Crippen molar-refractivity contribution in [3.8, 4) is 0 Å². The van der Waals surface area contributed by atoms with Crippen molar-refractivity contribution in [2.75, 3.05) is 14.1 Å². The molecule has 1 atom stereocenters. The minimum atomic E-state index is -4.30. The summed E-state index contributed by atoms with van der Waals surface area (Å²) in [5.41, 5.74) is 4.08. The maximum Gasteiger partial charge on any atom is 0.416 e. The largest absolute Gasteiger partial charge is 0.416 e. The predicted molar refractivity (Wildman–Crippen MR) is 104 cm³/mol. The lowest BCUT2D eigenvalue weighted by Gasteiger charge is -2.32. The van der Waals surface area contributed by atoms with Gasteiger partial charge >= 0.3 is 6.18 Å². The molecule has 2 aromatic rings. The molecule has 0 aliphatic heterocycles. The zero-order chi connectivity index (χ0) is 19.4. The molecule has 1 aliphatic rings. The summed E-state index contributed by atoms with van der Waals surface area (Å²) in [5.74, 6) is 0. The zero-order valence-electron chi connectivity index (χ0n) is 15.9. The van der Waals surface area contributed by atoms with Crippen molar-refractivity contribution >= 4 is 0 Å². The molecule has 0 saturated heterocycles. The molecule has 0 fully saturated rings. The van der Waals surface area contributed by atoms with Crippen LogP contribution in [-0.2, 0) is 12.6 Å². The molecule has 1 aliphatic carbocycles. The fourth-order valence-corrected chi connectivity index (χ4v) is 4.07. The Morgan fingerprint density at radius 2 is 1.63 bits per heavy atom. The van der Waals surface area contributed by atoms with Gasteiger partial charge in [-0.15, -0.1) is 0 Å². The molecule has 0 bridgehead atoms. The van der Waals surface area contributed by atoms with E-state index in [-0.39, 0.29) is 6.04 Å². The van der Waals surface area contributed by atoms with Gasteiger partial charge in [0.15, 0.2) is 0 Å². The Balaban J connectivity index is 1.97. The fourth-order valence-electron chi connectivity index (χ4n) is 4.07. The van der Waals surface area contributed by atoms with Gasteiger partial charge in [0, 0.05) is 0 Å². The van der Waals surface area contributed by atoms with Crippen LogP contribution in [0.1, 0.15) is 48.4 Å². The number of benzene rings is 2. The van der Waals surface area contributed by atoms with Crippen molar-refractivity contribution in [2.45, 2.75) is 44.3 Å². The van der Waals surface area contributed by atoms with Gasteiger partial charge in [0.1, 0.15) is 0 Å². The van der Waals surface area contributed by atoms with Crippen molar-refractivity contribution in [1.29, 1.82) is 0 Å². The van der Waals surface area contributed by atoms with Crippen LogP contribution in [0, 0.1) is 0 Å². The van der Waals surface area contributed by atoms with Crippen molar-refractivity contribution in [3.05, 3.63) is 82.4 Å². The second-order valence-corrected chi connectivity index (χ2v) is 7.49. The van der Waals surface area contributed by atoms with E-state index in [1.54, 1.807) is 0 Å². The van der Waals surface area contributed by atoms with E-state index in [2.05, 4.69) is 31.1 Å². The van der Waals surface area contributed by atoms with Gasteiger partial charge in [0.2, 0.25) is 0 Å². The van der Waals surface area contributed by atoms with E-state index in [1.165, 1.54) is 28.8 Å². The summed E-state index contributed by atoms with van der Waals surface area (Å²) in [7, 11) is 4.14. The van der Waals surface area contributed by atoms with Gasteiger partial charge in [0.25, 0.3) is 0 Å². The minimum absolute atomic E-state index is 0.173. The van der Waals surface area contributed by atoms with Crippen LogP contribution in [0.25, 0.3) is 0 Å². The Morgan fingerprint density at radius 1 is 0.926 bits per heavy atom. The quantitative estimate of drug-likeness (QED) is 0.547. The molecule has 0 spiro atoms. The first-order chi connectivity index (χ1) is 12.9. The van der Waals surface area contributed by atoms with Crippen LogP contribution in [0.2, 0.25) is 0 Å². The van der Waals surface area contributed by atoms with Crippen LogP contribution in [-0.4, -0.2) is 19.0 Å². The van der Waals surface area contributed by atoms with Crippen molar-refractivity contribution in [2.24, 2.45) is 0 Å². The molecule has 3 rings (SSSR count). The summed E-state index contributed by atoms with van der Waals surface area (Å²) in [5, 5.41) is 0. The monoisotopic (exact) mass is 373 g/mol. The molecule has 144 valence electrons. The summed E-state index contributed by atoms with van der Waals surface area (Å²) in [4.78, 5) is 2.21. The van der Waals surface area contributed by atoms with Gasteiger partial charge in [-0.1, -0.05) is 54.1 Å². The van der Waals surface area contributed by atoms with Gasteiger partial charge in [0.05, 0.1) is 11.6 Å². The van der Waals surface area contributed by atoms with Crippen LogP contribution in [0.4, 0.5) is 13.2 Å². The summed E-state index contributed by atoms with van der Waals surface area (Å²) in [6.45, 7) is 0. The molecular weight excluding hydrogens is 347 g/mol. The first kappa shape index (κ1) is 19.7. The SMILES string of the molecule is CN(C)C(C1=C(Cc2cccc(C(F)(F)F)c2)CCCC1)c1ccccc1. The normalized spacial score (nSPS) is 16.7. The number of allylic oxidation sites excluding steroid dienone is 1. The van der Waals surface area contributed by atoms with Crippen molar-refractivity contribution in [1.82, 2.24) is 4.90 Å². The summed E-state index contributed by atoms with van der Waals surface area (Å²) in [6, 6.07) is 16.3. The number of rotatable bonds is 5. The van der Waals surface area contributed by atoms with Gasteiger partial charge < -0.3 is 0 Å². The molecular formula is C23H26F3N. The number of halogens is 3. The Morgan fingerprint density at radius 3 is 2.30 bits per heavy atom. The van der Waals surface area contributed by atoms with Crippen LogP contribution < -0.4 is 0 Å². The summed E-state index contributed by atoms with van der Waals surface area (Å²) >= 11 is 0. The summed E-state index contributed by atoms with van der Waals surface area (Å²) < 4.78 is 39.2. The highest BCUT2D eigenvalue weighted by atomic mass is 19.4. The second-order valence-electron chi connectivity index (χ2n) is 7.49. The molecule has 1 unspecified atom stereocenters. The third-order valence-electron chi connectivity index (χ3n) is 5.26. The Kier molecular flexibility index (Phi) is 6.05. The first-order valence-corrected chi connectivity index (χ1v) is 9.44. The number of hydrogen-bond acceptors (Lipinski definition) is 1. The number of hydrogen-bond donors (Lipinski definition) is 0. The van der Waals surface area contributed by atoms with Crippen LogP contribution in [0.5, 0.6) is 0 Å². The van der Waals surface area contributed by atoms with Gasteiger partial charge in [-0.25, -0.2) is 0 Å². The number of nitrogens with zero attached hydrogens (tertiary/aromatic N) is 1. The lowest BCUT2D eigenvalue weighted by molar-refractivity contribution is -0.137. The molecule has 1 nitrogen and oxygen atoms in total. The molecule has 2 aromatic carbocycles. The van der Waals surface area contributed by atoms with Crippen LogP contribution >= 0.6 is 0 Å².